The summed E-state index contributed by atoms with van der Waals surface area (Å²) in [6, 6.07) is 0. The Balaban J connectivity index is 2.11. The second-order valence-corrected chi connectivity index (χ2v) is 5.71. The van der Waals surface area contributed by atoms with E-state index in [-0.39, 0.29) is 17.6 Å². The van der Waals surface area contributed by atoms with Gasteiger partial charge in [-0.15, -0.1) is 0 Å². The minimum absolute atomic E-state index is 0.0535. The Hall–Kier alpha value is -1.62. The average Bonchev–Trinajstić information content (AvgIpc) is 2.77. The molecule has 1 aliphatic rings. The third-order valence-corrected chi connectivity index (χ3v) is 3.09. The van der Waals surface area contributed by atoms with E-state index in [0.29, 0.717) is 18.7 Å². The van der Waals surface area contributed by atoms with E-state index < -0.39 is 0 Å². The van der Waals surface area contributed by atoms with Gasteiger partial charge in [0.25, 0.3) is 0 Å². The zero-order valence-electron chi connectivity index (χ0n) is 11.9. The van der Waals surface area contributed by atoms with Gasteiger partial charge in [0.1, 0.15) is 0 Å². The zero-order valence-corrected chi connectivity index (χ0v) is 11.9. The summed E-state index contributed by atoms with van der Waals surface area (Å²) in [5.74, 6) is 0.0535. The summed E-state index contributed by atoms with van der Waals surface area (Å²) in [6.07, 6.45) is 5.18. The Kier molecular flexibility index (Phi) is 3.75. The van der Waals surface area contributed by atoms with Gasteiger partial charge in [0.05, 0.1) is 29.9 Å². The number of carbonyl (C=O) groups excluding carboxylic acids is 1. The number of aromatic amines is 1. The van der Waals surface area contributed by atoms with Gasteiger partial charge in [0.15, 0.2) is 0 Å². The van der Waals surface area contributed by atoms with Crippen LogP contribution < -0.4 is 0 Å². The normalized spacial score (nSPS) is 23.5. The molecule has 1 saturated heterocycles. The topological polar surface area (TPSA) is 58.2 Å². The summed E-state index contributed by atoms with van der Waals surface area (Å²) in [4.78, 5) is 21.2. The van der Waals surface area contributed by atoms with Crippen LogP contribution in [0.25, 0.3) is 6.08 Å². The molecule has 2 rings (SSSR count). The molecule has 0 saturated carbocycles. The van der Waals surface area contributed by atoms with Crippen LogP contribution in [0.3, 0.4) is 0 Å². The number of H-pyrrole nitrogens is 1. The third kappa shape index (κ3) is 3.44. The van der Waals surface area contributed by atoms with Crippen molar-refractivity contribution < 1.29 is 9.53 Å². The fourth-order valence-corrected chi connectivity index (χ4v) is 2.50. The van der Waals surface area contributed by atoms with Crippen LogP contribution in [0.4, 0.5) is 0 Å². The molecule has 1 aromatic rings. The molecule has 0 aliphatic carbocycles. The van der Waals surface area contributed by atoms with E-state index >= 15 is 0 Å². The van der Waals surface area contributed by atoms with E-state index in [0.717, 1.165) is 5.69 Å². The van der Waals surface area contributed by atoms with Crippen LogP contribution >= 0.6 is 0 Å². The molecule has 19 heavy (non-hydrogen) atoms. The van der Waals surface area contributed by atoms with Gasteiger partial charge >= 0.3 is 0 Å². The second kappa shape index (κ2) is 5.17. The van der Waals surface area contributed by atoms with E-state index in [4.69, 9.17) is 4.74 Å². The van der Waals surface area contributed by atoms with Crippen LogP contribution in [-0.4, -0.2) is 45.6 Å². The number of morpholine rings is 1. The first kappa shape index (κ1) is 13.8. The van der Waals surface area contributed by atoms with Crippen LogP contribution in [0.1, 0.15) is 33.4 Å². The van der Waals surface area contributed by atoms with Crippen molar-refractivity contribution in [1.82, 2.24) is 14.9 Å². The maximum Gasteiger partial charge on any atom is 0.249 e. The van der Waals surface area contributed by atoms with Crippen molar-refractivity contribution in [3.05, 3.63) is 23.8 Å². The van der Waals surface area contributed by atoms with Crippen molar-refractivity contribution in [2.75, 3.05) is 13.1 Å². The number of ether oxygens (including phenoxy) is 1. The maximum absolute atomic E-state index is 12.4. The first-order valence-corrected chi connectivity index (χ1v) is 6.51. The highest BCUT2D eigenvalue weighted by atomic mass is 16.5. The number of hydrogen-bond donors (Lipinski definition) is 1. The van der Waals surface area contributed by atoms with E-state index in [1.54, 1.807) is 12.5 Å². The molecule has 0 radical (unpaired) electrons. The molecule has 0 spiro atoms. The molecule has 1 atom stereocenters. The van der Waals surface area contributed by atoms with Gasteiger partial charge in [-0.05, 0) is 33.8 Å². The zero-order chi connectivity index (χ0) is 14.0. The van der Waals surface area contributed by atoms with Crippen molar-refractivity contribution in [2.24, 2.45) is 0 Å². The largest absolute Gasteiger partial charge is 0.369 e. The molecule has 2 heterocycles. The average molecular weight is 263 g/mol. The predicted octanol–water partition coefficient (Wildman–Crippen LogP) is 1.84. The van der Waals surface area contributed by atoms with Crippen molar-refractivity contribution in [3.8, 4) is 0 Å². The van der Waals surface area contributed by atoms with E-state index in [9.17, 15) is 4.79 Å². The lowest BCUT2D eigenvalue weighted by Crippen LogP contribution is -2.53. The van der Waals surface area contributed by atoms with Crippen LogP contribution in [0, 0.1) is 0 Å². The Bertz CT molecular complexity index is 477. The van der Waals surface area contributed by atoms with Gasteiger partial charge in [0.2, 0.25) is 5.91 Å². The number of rotatable bonds is 2. The Labute approximate surface area is 113 Å². The van der Waals surface area contributed by atoms with Gasteiger partial charge in [-0.1, -0.05) is 0 Å². The molecule has 1 aromatic heterocycles. The maximum atomic E-state index is 12.4. The minimum atomic E-state index is -0.290. The summed E-state index contributed by atoms with van der Waals surface area (Å²) in [7, 11) is 0. The van der Waals surface area contributed by atoms with Crippen molar-refractivity contribution in [3.63, 3.8) is 0 Å². The van der Waals surface area contributed by atoms with Crippen molar-refractivity contribution >= 4 is 12.0 Å². The van der Waals surface area contributed by atoms with Gasteiger partial charge in [-0.3, -0.25) is 4.79 Å². The molecule has 104 valence electrons. The molecule has 1 N–H and O–H groups in total. The van der Waals surface area contributed by atoms with E-state index in [2.05, 4.69) is 9.97 Å². The van der Waals surface area contributed by atoms with Crippen molar-refractivity contribution in [2.45, 2.75) is 39.4 Å². The molecule has 0 bridgehead atoms. The highest BCUT2D eigenvalue weighted by Crippen LogP contribution is 2.22. The van der Waals surface area contributed by atoms with E-state index in [1.165, 1.54) is 0 Å². The number of carbonyl (C=O) groups is 1. The standard InChI is InChI=1S/C14H21N3O2/c1-10(5-12-6-15-9-16-12)13(18)17-7-11(2)19-14(3,4)8-17/h5-6,9,11H,7-8H2,1-4H3,(H,15,16)/b10-5+. The summed E-state index contributed by atoms with van der Waals surface area (Å²) in [5.41, 5.74) is 1.25. The summed E-state index contributed by atoms with van der Waals surface area (Å²) in [6.45, 7) is 9.10. The van der Waals surface area contributed by atoms with Crippen LogP contribution in [0.2, 0.25) is 0 Å². The monoisotopic (exact) mass is 263 g/mol. The predicted molar refractivity (Wildman–Crippen MR) is 73.4 cm³/mol. The Morgan fingerprint density at radius 1 is 1.63 bits per heavy atom. The lowest BCUT2D eigenvalue weighted by atomic mass is 10.0. The molecule has 5 nitrogen and oxygen atoms in total. The van der Waals surface area contributed by atoms with Crippen LogP contribution in [-0.2, 0) is 9.53 Å². The lowest BCUT2D eigenvalue weighted by Gasteiger charge is -2.41. The molecule has 5 heteroatoms. The summed E-state index contributed by atoms with van der Waals surface area (Å²) in [5, 5.41) is 0. The summed E-state index contributed by atoms with van der Waals surface area (Å²) >= 11 is 0. The number of amides is 1. The molecule has 0 aromatic carbocycles. The highest BCUT2D eigenvalue weighted by Gasteiger charge is 2.33. The summed E-state index contributed by atoms with van der Waals surface area (Å²) < 4.78 is 5.81. The number of aromatic nitrogens is 2. The smallest absolute Gasteiger partial charge is 0.249 e. The first-order valence-electron chi connectivity index (χ1n) is 6.51. The van der Waals surface area contributed by atoms with E-state index in [1.807, 2.05) is 38.7 Å². The number of hydrogen-bond acceptors (Lipinski definition) is 3. The molecule has 1 unspecified atom stereocenters. The molecule has 1 fully saturated rings. The van der Waals surface area contributed by atoms with Gasteiger partial charge < -0.3 is 14.6 Å². The number of nitrogens with one attached hydrogen (secondary N) is 1. The van der Waals surface area contributed by atoms with Gasteiger partial charge in [-0.2, -0.15) is 0 Å². The number of imidazole rings is 1. The SMILES string of the molecule is C/C(=C\c1cnc[nH]1)C(=O)N1CC(C)OC(C)(C)C1. The fraction of sp³-hybridized carbons (Fsp3) is 0.571. The molecular weight excluding hydrogens is 242 g/mol. The first-order chi connectivity index (χ1) is 8.87. The van der Waals surface area contributed by atoms with Gasteiger partial charge in [-0.25, -0.2) is 4.98 Å². The third-order valence-electron chi connectivity index (χ3n) is 3.09. The minimum Gasteiger partial charge on any atom is -0.369 e. The lowest BCUT2D eigenvalue weighted by molar-refractivity contribution is -0.154. The van der Waals surface area contributed by atoms with Crippen molar-refractivity contribution in [1.29, 1.82) is 0 Å². The Morgan fingerprint density at radius 3 is 2.95 bits per heavy atom. The molecule has 1 amide bonds. The fourth-order valence-electron chi connectivity index (χ4n) is 2.50. The van der Waals surface area contributed by atoms with Crippen LogP contribution in [0.5, 0.6) is 0 Å². The number of nitrogens with zero attached hydrogens (tertiary/aromatic N) is 2. The second-order valence-electron chi connectivity index (χ2n) is 5.71. The quantitative estimate of drug-likeness (QED) is 0.828. The van der Waals surface area contributed by atoms with Gasteiger partial charge in [0, 0.05) is 18.7 Å². The molecule has 1 aliphatic heterocycles. The molecular formula is C14H21N3O2. The highest BCUT2D eigenvalue weighted by molar-refractivity contribution is 5.97. The van der Waals surface area contributed by atoms with Crippen LogP contribution in [0.15, 0.2) is 18.1 Å². The Morgan fingerprint density at radius 2 is 2.37 bits per heavy atom.